The molecule has 1 N–H and O–H groups in total. The first kappa shape index (κ1) is 15.5. The zero-order valence-corrected chi connectivity index (χ0v) is 13.1. The molecule has 1 unspecified atom stereocenters. The largest absolute Gasteiger partial charge is 0.310 e. The fourth-order valence-corrected chi connectivity index (χ4v) is 3.25. The van der Waals surface area contributed by atoms with Gasteiger partial charge in [-0.2, -0.15) is 0 Å². The molecule has 1 aromatic carbocycles. The summed E-state index contributed by atoms with van der Waals surface area (Å²) >= 11 is 0. The Balaban J connectivity index is 1.81. The highest BCUT2D eigenvalue weighted by atomic mass is 15.1. The Morgan fingerprint density at radius 3 is 2.45 bits per heavy atom. The van der Waals surface area contributed by atoms with Gasteiger partial charge in [-0.1, -0.05) is 50.6 Å². The summed E-state index contributed by atoms with van der Waals surface area (Å²) in [6.45, 7) is 9.39. The first-order chi connectivity index (χ1) is 9.83. The smallest absolute Gasteiger partial charge is 0.0332 e. The normalized spacial score (nSPS) is 19.1. The minimum atomic E-state index is 0.505. The van der Waals surface area contributed by atoms with E-state index in [1.54, 1.807) is 0 Å². The lowest BCUT2D eigenvalue weighted by molar-refractivity contribution is 0.174. The summed E-state index contributed by atoms with van der Waals surface area (Å²) in [7, 11) is 0. The second-order valence-corrected chi connectivity index (χ2v) is 6.00. The van der Waals surface area contributed by atoms with Crippen LogP contribution in [0.1, 0.15) is 51.1 Å². The average molecular weight is 274 g/mol. The molecule has 0 amide bonds. The number of likely N-dealkylation sites (tertiary alicyclic amines) is 1. The fourth-order valence-electron chi connectivity index (χ4n) is 3.25. The van der Waals surface area contributed by atoms with Crippen molar-refractivity contribution in [2.24, 2.45) is 5.92 Å². The summed E-state index contributed by atoms with van der Waals surface area (Å²) in [5.41, 5.74) is 1.43. The van der Waals surface area contributed by atoms with E-state index < -0.39 is 0 Å². The average Bonchev–Trinajstić information content (AvgIpc) is 2.53. The lowest BCUT2D eigenvalue weighted by atomic mass is 9.94. The Morgan fingerprint density at radius 2 is 1.85 bits per heavy atom. The molecule has 2 heteroatoms. The van der Waals surface area contributed by atoms with Crippen molar-refractivity contribution in [3.63, 3.8) is 0 Å². The summed E-state index contributed by atoms with van der Waals surface area (Å²) < 4.78 is 0. The van der Waals surface area contributed by atoms with E-state index in [1.807, 2.05) is 0 Å². The Kier molecular flexibility index (Phi) is 6.55. The topological polar surface area (TPSA) is 15.3 Å². The van der Waals surface area contributed by atoms with Gasteiger partial charge in [0.15, 0.2) is 0 Å². The van der Waals surface area contributed by atoms with Crippen LogP contribution >= 0.6 is 0 Å². The monoisotopic (exact) mass is 274 g/mol. The Hall–Kier alpha value is -0.860. The molecule has 0 bridgehead atoms. The number of piperidine rings is 1. The molecule has 20 heavy (non-hydrogen) atoms. The highest BCUT2D eigenvalue weighted by Gasteiger charge is 2.19. The number of nitrogens with zero attached hydrogens (tertiary/aromatic N) is 1. The second kappa shape index (κ2) is 8.43. The quantitative estimate of drug-likeness (QED) is 0.812. The lowest BCUT2D eigenvalue weighted by Gasteiger charge is -2.32. The SMILES string of the molecule is CCNC(CCN1CCC(CC)CC1)c1ccccc1. The van der Waals surface area contributed by atoms with Gasteiger partial charge in [0.1, 0.15) is 0 Å². The Morgan fingerprint density at radius 1 is 1.15 bits per heavy atom. The molecule has 1 aromatic rings. The van der Waals surface area contributed by atoms with Crippen molar-refractivity contribution in [3.05, 3.63) is 35.9 Å². The first-order valence-electron chi connectivity index (χ1n) is 8.34. The second-order valence-electron chi connectivity index (χ2n) is 6.00. The molecule has 1 atom stereocenters. The van der Waals surface area contributed by atoms with Gasteiger partial charge < -0.3 is 10.2 Å². The van der Waals surface area contributed by atoms with E-state index in [-0.39, 0.29) is 0 Å². The summed E-state index contributed by atoms with van der Waals surface area (Å²) in [6, 6.07) is 11.4. The van der Waals surface area contributed by atoms with Gasteiger partial charge in [0.05, 0.1) is 0 Å². The predicted molar refractivity (Wildman–Crippen MR) is 86.9 cm³/mol. The molecule has 112 valence electrons. The molecule has 0 spiro atoms. The van der Waals surface area contributed by atoms with E-state index in [9.17, 15) is 0 Å². The van der Waals surface area contributed by atoms with E-state index in [2.05, 4.69) is 54.4 Å². The van der Waals surface area contributed by atoms with Gasteiger partial charge in [-0.15, -0.1) is 0 Å². The van der Waals surface area contributed by atoms with Crippen molar-refractivity contribution in [3.8, 4) is 0 Å². The van der Waals surface area contributed by atoms with Crippen molar-refractivity contribution < 1.29 is 0 Å². The van der Waals surface area contributed by atoms with Crippen LogP contribution in [0.4, 0.5) is 0 Å². The van der Waals surface area contributed by atoms with Gasteiger partial charge in [0.25, 0.3) is 0 Å². The maximum Gasteiger partial charge on any atom is 0.0332 e. The van der Waals surface area contributed by atoms with Crippen LogP contribution in [0.3, 0.4) is 0 Å². The minimum absolute atomic E-state index is 0.505. The third-order valence-corrected chi connectivity index (χ3v) is 4.67. The Bertz CT molecular complexity index is 355. The van der Waals surface area contributed by atoms with Crippen LogP contribution in [-0.2, 0) is 0 Å². The fraction of sp³-hybridized carbons (Fsp3) is 0.667. The predicted octanol–water partition coefficient (Wildman–Crippen LogP) is 3.85. The number of benzene rings is 1. The molecule has 0 saturated carbocycles. The highest BCUT2D eigenvalue weighted by molar-refractivity contribution is 5.18. The molecule has 0 aromatic heterocycles. The van der Waals surface area contributed by atoms with Crippen LogP contribution in [0.2, 0.25) is 0 Å². The van der Waals surface area contributed by atoms with Crippen molar-refractivity contribution >= 4 is 0 Å². The number of hydrogen-bond acceptors (Lipinski definition) is 2. The molecule has 0 radical (unpaired) electrons. The first-order valence-corrected chi connectivity index (χ1v) is 8.34. The van der Waals surface area contributed by atoms with E-state index >= 15 is 0 Å². The summed E-state index contributed by atoms with van der Waals surface area (Å²) in [6.07, 6.45) is 5.37. The van der Waals surface area contributed by atoms with Crippen molar-refractivity contribution in [1.82, 2.24) is 10.2 Å². The molecule has 1 aliphatic rings. The summed E-state index contributed by atoms with van der Waals surface area (Å²) in [4.78, 5) is 2.65. The molecule has 2 nitrogen and oxygen atoms in total. The van der Waals surface area contributed by atoms with Gasteiger partial charge in [-0.05, 0) is 56.9 Å². The molecule has 1 fully saturated rings. The van der Waals surface area contributed by atoms with Crippen molar-refractivity contribution in [2.75, 3.05) is 26.2 Å². The van der Waals surface area contributed by atoms with E-state index in [0.717, 1.165) is 12.5 Å². The lowest BCUT2D eigenvalue weighted by Crippen LogP contribution is -2.36. The maximum atomic E-state index is 3.63. The summed E-state index contributed by atoms with van der Waals surface area (Å²) in [5, 5.41) is 3.63. The van der Waals surface area contributed by atoms with Crippen molar-refractivity contribution in [1.29, 1.82) is 0 Å². The third-order valence-electron chi connectivity index (χ3n) is 4.67. The van der Waals surface area contributed by atoms with Crippen molar-refractivity contribution in [2.45, 2.75) is 45.6 Å². The van der Waals surface area contributed by atoms with Crippen LogP contribution in [0.15, 0.2) is 30.3 Å². The summed E-state index contributed by atoms with van der Waals surface area (Å²) in [5.74, 6) is 0.977. The molecule has 1 saturated heterocycles. The van der Waals surface area contributed by atoms with E-state index in [1.165, 1.54) is 50.9 Å². The van der Waals surface area contributed by atoms with Gasteiger partial charge in [-0.3, -0.25) is 0 Å². The van der Waals surface area contributed by atoms with Gasteiger partial charge in [0.2, 0.25) is 0 Å². The van der Waals surface area contributed by atoms with E-state index in [4.69, 9.17) is 0 Å². The van der Waals surface area contributed by atoms with Crippen LogP contribution in [0, 0.1) is 5.92 Å². The standard InChI is InChI=1S/C18H30N2/c1-3-16-10-13-20(14-11-16)15-12-18(19-4-2)17-8-6-5-7-9-17/h5-9,16,18-19H,3-4,10-15H2,1-2H3. The molecule has 2 rings (SSSR count). The molecular weight excluding hydrogens is 244 g/mol. The van der Waals surface area contributed by atoms with Gasteiger partial charge >= 0.3 is 0 Å². The maximum absolute atomic E-state index is 3.63. The number of hydrogen-bond donors (Lipinski definition) is 1. The molecule has 1 heterocycles. The molecule has 0 aliphatic carbocycles. The molecular formula is C18H30N2. The van der Waals surface area contributed by atoms with Crippen LogP contribution in [-0.4, -0.2) is 31.1 Å². The van der Waals surface area contributed by atoms with Crippen LogP contribution in [0.25, 0.3) is 0 Å². The zero-order chi connectivity index (χ0) is 14.2. The Labute approximate surface area is 124 Å². The minimum Gasteiger partial charge on any atom is -0.310 e. The number of rotatable bonds is 7. The molecule has 1 aliphatic heterocycles. The van der Waals surface area contributed by atoms with Gasteiger partial charge in [-0.25, -0.2) is 0 Å². The third kappa shape index (κ3) is 4.60. The number of nitrogens with one attached hydrogen (secondary N) is 1. The van der Waals surface area contributed by atoms with Crippen LogP contribution in [0.5, 0.6) is 0 Å². The van der Waals surface area contributed by atoms with Crippen LogP contribution < -0.4 is 5.32 Å². The van der Waals surface area contributed by atoms with E-state index in [0.29, 0.717) is 6.04 Å². The van der Waals surface area contributed by atoms with Gasteiger partial charge in [0, 0.05) is 6.04 Å². The zero-order valence-electron chi connectivity index (χ0n) is 13.1. The highest BCUT2D eigenvalue weighted by Crippen LogP contribution is 2.22.